The second kappa shape index (κ2) is 5.82. The molecule has 0 spiro atoms. The maximum absolute atomic E-state index is 12.9. The number of amides is 1. The highest BCUT2D eigenvalue weighted by Crippen LogP contribution is 2.33. The van der Waals surface area contributed by atoms with Crippen LogP contribution >= 0.6 is 0 Å². The largest absolute Gasteiger partial charge is 0.469 e. The first-order valence-corrected chi connectivity index (χ1v) is 6.19. The highest BCUT2D eigenvalue weighted by Gasteiger charge is 2.32. The van der Waals surface area contributed by atoms with E-state index in [2.05, 4.69) is 10.1 Å². The van der Waals surface area contributed by atoms with Crippen molar-refractivity contribution in [3.05, 3.63) is 35.6 Å². The normalized spacial score (nSPS) is 22.7. The second-order valence-corrected chi connectivity index (χ2v) is 4.71. The zero-order valence-corrected chi connectivity index (χ0v) is 10.7. The molecule has 2 atom stereocenters. The molecule has 1 fully saturated rings. The van der Waals surface area contributed by atoms with Crippen LogP contribution in [0.25, 0.3) is 0 Å². The van der Waals surface area contributed by atoms with Crippen molar-refractivity contribution in [2.45, 2.75) is 18.8 Å². The Morgan fingerprint density at radius 3 is 2.74 bits per heavy atom. The van der Waals surface area contributed by atoms with Gasteiger partial charge in [0.1, 0.15) is 5.82 Å². The summed E-state index contributed by atoms with van der Waals surface area (Å²) in [5.41, 5.74) is 0.880. The Bertz CT molecular complexity index is 472. The standard InChI is InChI=1S/C14H16FNO3/c1-19-14(18)6-10-8-16-13(17)7-12(10)9-2-4-11(15)5-3-9/h2-5,10,12H,6-8H2,1H3,(H,16,17)/t10-,12+/m1/s1. The van der Waals surface area contributed by atoms with Crippen molar-refractivity contribution in [3.8, 4) is 0 Å². The Morgan fingerprint density at radius 1 is 1.42 bits per heavy atom. The Balaban J connectivity index is 2.18. The lowest BCUT2D eigenvalue weighted by molar-refractivity contribution is -0.142. The van der Waals surface area contributed by atoms with Gasteiger partial charge in [-0.15, -0.1) is 0 Å². The van der Waals surface area contributed by atoms with Crippen LogP contribution in [0.1, 0.15) is 24.3 Å². The molecule has 0 aliphatic carbocycles. The van der Waals surface area contributed by atoms with Gasteiger partial charge in [0, 0.05) is 13.0 Å². The summed E-state index contributed by atoms with van der Waals surface area (Å²) in [6, 6.07) is 6.08. The molecule has 1 aromatic carbocycles. The molecule has 0 radical (unpaired) electrons. The number of rotatable bonds is 3. The lowest BCUT2D eigenvalue weighted by atomic mass is 9.79. The van der Waals surface area contributed by atoms with E-state index < -0.39 is 0 Å². The third-order valence-electron chi connectivity index (χ3n) is 3.49. The van der Waals surface area contributed by atoms with Crippen LogP contribution in [0.2, 0.25) is 0 Å². The summed E-state index contributed by atoms with van der Waals surface area (Å²) < 4.78 is 17.6. The molecule has 1 saturated heterocycles. The summed E-state index contributed by atoms with van der Waals surface area (Å²) >= 11 is 0. The van der Waals surface area contributed by atoms with Crippen LogP contribution in [0.5, 0.6) is 0 Å². The number of carbonyl (C=O) groups excluding carboxylic acids is 2. The lowest BCUT2D eigenvalue weighted by Crippen LogP contribution is -2.40. The van der Waals surface area contributed by atoms with Gasteiger partial charge in [-0.3, -0.25) is 9.59 Å². The van der Waals surface area contributed by atoms with E-state index in [1.807, 2.05) is 0 Å². The lowest BCUT2D eigenvalue weighted by Gasteiger charge is -2.31. The van der Waals surface area contributed by atoms with E-state index in [1.165, 1.54) is 19.2 Å². The average molecular weight is 265 g/mol. The highest BCUT2D eigenvalue weighted by molar-refractivity contribution is 5.78. The van der Waals surface area contributed by atoms with Gasteiger partial charge in [-0.2, -0.15) is 0 Å². The SMILES string of the molecule is COC(=O)C[C@@H]1CNC(=O)C[C@H]1c1ccc(F)cc1. The van der Waals surface area contributed by atoms with Gasteiger partial charge in [-0.25, -0.2) is 4.39 Å². The van der Waals surface area contributed by atoms with Gasteiger partial charge in [0.25, 0.3) is 0 Å². The molecular weight excluding hydrogens is 249 g/mol. The van der Waals surface area contributed by atoms with E-state index >= 15 is 0 Å². The van der Waals surface area contributed by atoms with Crippen LogP contribution in [0, 0.1) is 11.7 Å². The molecule has 19 heavy (non-hydrogen) atoms. The first-order chi connectivity index (χ1) is 9.10. The van der Waals surface area contributed by atoms with E-state index in [-0.39, 0.29) is 36.0 Å². The summed E-state index contributed by atoms with van der Waals surface area (Å²) in [6.07, 6.45) is 0.562. The fourth-order valence-electron chi connectivity index (χ4n) is 2.44. The van der Waals surface area contributed by atoms with Gasteiger partial charge in [0.15, 0.2) is 0 Å². The van der Waals surface area contributed by atoms with Crippen molar-refractivity contribution in [2.24, 2.45) is 5.92 Å². The van der Waals surface area contributed by atoms with Crippen molar-refractivity contribution >= 4 is 11.9 Å². The van der Waals surface area contributed by atoms with E-state index in [9.17, 15) is 14.0 Å². The monoisotopic (exact) mass is 265 g/mol. The van der Waals surface area contributed by atoms with Crippen LogP contribution in [0.4, 0.5) is 4.39 Å². The number of carbonyl (C=O) groups is 2. The van der Waals surface area contributed by atoms with Gasteiger partial charge in [0.05, 0.1) is 13.5 Å². The molecule has 0 aromatic heterocycles. The maximum atomic E-state index is 12.9. The van der Waals surface area contributed by atoms with Crippen molar-refractivity contribution < 1.29 is 18.7 Å². The number of halogens is 1. The minimum Gasteiger partial charge on any atom is -0.469 e. The number of hydrogen-bond donors (Lipinski definition) is 1. The number of ether oxygens (including phenoxy) is 1. The average Bonchev–Trinajstić information content (AvgIpc) is 2.41. The van der Waals surface area contributed by atoms with Gasteiger partial charge in [0.2, 0.25) is 5.91 Å². The van der Waals surface area contributed by atoms with E-state index in [1.54, 1.807) is 12.1 Å². The van der Waals surface area contributed by atoms with Crippen molar-refractivity contribution in [1.82, 2.24) is 5.32 Å². The minimum absolute atomic E-state index is 0.0180. The predicted molar refractivity (Wildman–Crippen MR) is 66.9 cm³/mol. The Hall–Kier alpha value is -1.91. The fraction of sp³-hybridized carbons (Fsp3) is 0.429. The number of piperidine rings is 1. The van der Waals surface area contributed by atoms with E-state index in [0.717, 1.165) is 5.56 Å². The van der Waals surface area contributed by atoms with Crippen LogP contribution in [0.3, 0.4) is 0 Å². The first-order valence-electron chi connectivity index (χ1n) is 6.19. The summed E-state index contributed by atoms with van der Waals surface area (Å²) in [5, 5.41) is 2.75. The molecule has 1 aromatic rings. The van der Waals surface area contributed by atoms with Crippen molar-refractivity contribution in [1.29, 1.82) is 0 Å². The zero-order chi connectivity index (χ0) is 13.8. The molecule has 1 aliphatic rings. The molecule has 5 heteroatoms. The number of hydrogen-bond acceptors (Lipinski definition) is 3. The van der Waals surface area contributed by atoms with E-state index in [0.29, 0.717) is 13.0 Å². The van der Waals surface area contributed by atoms with Crippen molar-refractivity contribution in [2.75, 3.05) is 13.7 Å². The highest BCUT2D eigenvalue weighted by atomic mass is 19.1. The number of benzene rings is 1. The van der Waals surface area contributed by atoms with E-state index in [4.69, 9.17) is 0 Å². The Morgan fingerprint density at radius 2 is 2.11 bits per heavy atom. The number of methoxy groups -OCH3 is 1. The molecule has 2 rings (SSSR count). The zero-order valence-electron chi connectivity index (χ0n) is 10.7. The van der Waals surface area contributed by atoms with Gasteiger partial charge >= 0.3 is 5.97 Å². The summed E-state index contributed by atoms with van der Waals surface area (Å²) in [5.74, 6) is -0.749. The molecule has 0 bridgehead atoms. The molecule has 1 N–H and O–H groups in total. The third-order valence-corrected chi connectivity index (χ3v) is 3.49. The van der Waals surface area contributed by atoms with Crippen LogP contribution < -0.4 is 5.32 Å². The third kappa shape index (κ3) is 3.30. The van der Waals surface area contributed by atoms with Gasteiger partial charge in [-0.05, 0) is 29.5 Å². The molecule has 0 saturated carbocycles. The van der Waals surface area contributed by atoms with Gasteiger partial charge < -0.3 is 10.1 Å². The van der Waals surface area contributed by atoms with Gasteiger partial charge in [-0.1, -0.05) is 12.1 Å². The number of nitrogens with one attached hydrogen (secondary N) is 1. The molecule has 1 heterocycles. The maximum Gasteiger partial charge on any atom is 0.305 e. The van der Waals surface area contributed by atoms with Crippen LogP contribution in [0.15, 0.2) is 24.3 Å². The number of esters is 1. The molecule has 1 aliphatic heterocycles. The predicted octanol–water partition coefficient (Wildman–Crippen LogP) is 1.61. The second-order valence-electron chi connectivity index (χ2n) is 4.71. The first kappa shape index (κ1) is 13.5. The Labute approximate surface area is 110 Å². The fourth-order valence-corrected chi connectivity index (χ4v) is 2.44. The summed E-state index contributed by atoms with van der Waals surface area (Å²) in [4.78, 5) is 22.9. The van der Waals surface area contributed by atoms with Crippen molar-refractivity contribution in [3.63, 3.8) is 0 Å². The molecule has 1 amide bonds. The van der Waals surface area contributed by atoms with Crippen LogP contribution in [-0.4, -0.2) is 25.5 Å². The molecule has 102 valence electrons. The molecule has 4 nitrogen and oxygen atoms in total. The quantitative estimate of drug-likeness (QED) is 0.845. The summed E-state index contributed by atoms with van der Waals surface area (Å²) in [6.45, 7) is 0.440. The molecule has 0 unspecified atom stereocenters. The smallest absolute Gasteiger partial charge is 0.305 e. The summed E-state index contributed by atoms with van der Waals surface area (Å²) in [7, 11) is 1.34. The Kier molecular flexibility index (Phi) is 4.14. The molecular formula is C14H16FNO3. The minimum atomic E-state index is -0.312. The topological polar surface area (TPSA) is 55.4 Å². The van der Waals surface area contributed by atoms with Crippen LogP contribution in [-0.2, 0) is 14.3 Å².